The zero-order valence-corrected chi connectivity index (χ0v) is 11.1. The third-order valence-electron chi connectivity index (χ3n) is 2.29. The third-order valence-corrected chi connectivity index (χ3v) is 2.29. The smallest absolute Gasteiger partial charge is 0.218 e. The molecule has 1 aromatic heterocycles. The highest BCUT2D eigenvalue weighted by atomic mass is 16.5. The first kappa shape index (κ1) is 13.7. The van der Waals surface area contributed by atoms with Crippen LogP contribution in [0.1, 0.15) is 27.2 Å². The van der Waals surface area contributed by atoms with E-state index in [1.165, 1.54) is 6.33 Å². The van der Waals surface area contributed by atoms with Crippen molar-refractivity contribution < 1.29 is 4.74 Å². The van der Waals surface area contributed by atoms with E-state index in [-0.39, 0.29) is 12.1 Å². The largest absolute Gasteiger partial charge is 0.475 e. The third kappa shape index (κ3) is 4.99. The molecule has 0 aliphatic rings. The van der Waals surface area contributed by atoms with Crippen LogP contribution in [0.5, 0.6) is 5.88 Å². The molecule has 1 unspecified atom stereocenters. The van der Waals surface area contributed by atoms with Crippen LogP contribution < -0.4 is 15.4 Å². The summed E-state index contributed by atoms with van der Waals surface area (Å²) in [6.07, 6.45) is 2.57. The molecule has 0 amide bonds. The number of rotatable bonds is 6. The Morgan fingerprint density at radius 2 is 2.06 bits per heavy atom. The number of anilines is 1. The summed E-state index contributed by atoms with van der Waals surface area (Å²) in [6, 6.07) is 2.05. The van der Waals surface area contributed by atoms with E-state index in [1.54, 1.807) is 0 Å². The topological polar surface area (TPSA) is 64.3 Å². The van der Waals surface area contributed by atoms with Gasteiger partial charge in [-0.15, -0.1) is 0 Å². The van der Waals surface area contributed by atoms with E-state index in [0.717, 1.165) is 18.8 Å². The molecular formula is C12H22N4O. The van der Waals surface area contributed by atoms with E-state index >= 15 is 0 Å². The lowest BCUT2D eigenvalue weighted by molar-refractivity contribution is 0.232. The predicted molar refractivity (Wildman–Crippen MR) is 69.3 cm³/mol. The number of aromatic nitrogens is 2. The van der Waals surface area contributed by atoms with Crippen molar-refractivity contribution in [3.63, 3.8) is 0 Å². The van der Waals surface area contributed by atoms with E-state index in [2.05, 4.69) is 14.9 Å². The normalized spacial score (nSPS) is 12.6. The first-order valence-electron chi connectivity index (χ1n) is 5.94. The molecule has 1 heterocycles. The highest BCUT2D eigenvalue weighted by Crippen LogP contribution is 2.15. The first-order valence-corrected chi connectivity index (χ1v) is 5.94. The monoisotopic (exact) mass is 238 g/mol. The van der Waals surface area contributed by atoms with Crippen LogP contribution in [-0.2, 0) is 0 Å². The zero-order valence-electron chi connectivity index (χ0n) is 11.1. The van der Waals surface area contributed by atoms with E-state index in [1.807, 2.05) is 33.9 Å². The summed E-state index contributed by atoms with van der Waals surface area (Å²) in [5, 5.41) is 0. The van der Waals surface area contributed by atoms with Gasteiger partial charge in [-0.1, -0.05) is 0 Å². The van der Waals surface area contributed by atoms with Crippen molar-refractivity contribution >= 4 is 5.82 Å². The molecule has 0 radical (unpaired) electrons. The Bertz CT molecular complexity index is 341. The second-order valence-electron chi connectivity index (χ2n) is 4.57. The van der Waals surface area contributed by atoms with Gasteiger partial charge in [0.1, 0.15) is 12.1 Å². The van der Waals surface area contributed by atoms with Crippen LogP contribution in [0.15, 0.2) is 12.4 Å². The fraction of sp³-hybridized carbons (Fsp3) is 0.667. The number of nitrogens with zero attached hydrogens (tertiary/aromatic N) is 3. The molecule has 0 aliphatic heterocycles. The van der Waals surface area contributed by atoms with Gasteiger partial charge in [-0.05, 0) is 27.2 Å². The molecule has 17 heavy (non-hydrogen) atoms. The SMILES string of the molecule is CC(N)CCN(C)c1cc(OC(C)C)ncn1. The second-order valence-corrected chi connectivity index (χ2v) is 4.57. The van der Waals surface area contributed by atoms with Crippen LogP contribution in [0.4, 0.5) is 5.82 Å². The summed E-state index contributed by atoms with van der Waals surface area (Å²) >= 11 is 0. The Balaban J connectivity index is 2.63. The first-order chi connectivity index (χ1) is 7.99. The Morgan fingerprint density at radius 3 is 2.65 bits per heavy atom. The summed E-state index contributed by atoms with van der Waals surface area (Å²) in [4.78, 5) is 10.3. The molecule has 0 aliphatic carbocycles. The molecule has 0 fully saturated rings. The molecule has 0 aromatic carbocycles. The van der Waals surface area contributed by atoms with Gasteiger partial charge in [0.25, 0.3) is 0 Å². The van der Waals surface area contributed by atoms with Gasteiger partial charge in [-0.25, -0.2) is 9.97 Å². The molecule has 0 spiro atoms. The Hall–Kier alpha value is -1.36. The highest BCUT2D eigenvalue weighted by Gasteiger charge is 2.07. The number of ether oxygens (including phenoxy) is 1. The minimum Gasteiger partial charge on any atom is -0.475 e. The Labute approximate surface area is 103 Å². The summed E-state index contributed by atoms with van der Waals surface area (Å²) in [6.45, 7) is 6.82. The summed E-state index contributed by atoms with van der Waals surface area (Å²) in [7, 11) is 1.99. The maximum absolute atomic E-state index is 5.73. The lowest BCUT2D eigenvalue weighted by Gasteiger charge is -2.19. The van der Waals surface area contributed by atoms with Crippen molar-refractivity contribution in [2.45, 2.75) is 39.3 Å². The molecule has 1 aromatic rings. The van der Waals surface area contributed by atoms with Crippen molar-refractivity contribution in [3.05, 3.63) is 12.4 Å². The van der Waals surface area contributed by atoms with Crippen LogP contribution in [0.2, 0.25) is 0 Å². The van der Waals surface area contributed by atoms with Crippen molar-refractivity contribution in [2.75, 3.05) is 18.5 Å². The average Bonchev–Trinajstić information content (AvgIpc) is 2.25. The molecule has 0 saturated heterocycles. The van der Waals surface area contributed by atoms with Gasteiger partial charge in [0.05, 0.1) is 6.10 Å². The van der Waals surface area contributed by atoms with Gasteiger partial charge in [-0.2, -0.15) is 0 Å². The van der Waals surface area contributed by atoms with Gasteiger partial charge in [0, 0.05) is 25.7 Å². The van der Waals surface area contributed by atoms with Crippen LogP contribution >= 0.6 is 0 Å². The zero-order chi connectivity index (χ0) is 12.8. The fourth-order valence-electron chi connectivity index (χ4n) is 1.36. The molecule has 0 bridgehead atoms. The number of hydrogen-bond acceptors (Lipinski definition) is 5. The van der Waals surface area contributed by atoms with Crippen LogP contribution in [0.25, 0.3) is 0 Å². The molecule has 0 saturated carbocycles. The van der Waals surface area contributed by atoms with E-state index in [0.29, 0.717) is 5.88 Å². The lowest BCUT2D eigenvalue weighted by Crippen LogP contribution is -2.26. The minimum absolute atomic E-state index is 0.118. The van der Waals surface area contributed by atoms with E-state index < -0.39 is 0 Å². The lowest BCUT2D eigenvalue weighted by atomic mass is 10.2. The summed E-state index contributed by atoms with van der Waals surface area (Å²) in [5.74, 6) is 1.47. The standard InChI is InChI=1S/C12H22N4O/c1-9(2)17-12-7-11(14-8-15-12)16(4)6-5-10(3)13/h7-10H,5-6,13H2,1-4H3. The van der Waals surface area contributed by atoms with Crippen molar-refractivity contribution in [1.29, 1.82) is 0 Å². The van der Waals surface area contributed by atoms with Crippen molar-refractivity contribution in [2.24, 2.45) is 5.73 Å². The number of nitrogens with two attached hydrogens (primary N) is 1. The molecule has 1 atom stereocenters. The summed E-state index contributed by atoms with van der Waals surface area (Å²) in [5.41, 5.74) is 5.73. The second kappa shape index (κ2) is 6.39. The highest BCUT2D eigenvalue weighted by molar-refractivity contribution is 5.39. The molecular weight excluding hydrogens is 216 g/mol. The quantitative estimate of drug-likeness (QED) is 0.812. The molecule has 1 rings (SSSR count). The molecule has 2 N–H and O–H groups in total. The Kier molecular flexibility index (Phi) is 5.15. The van der Waals surface area contributed by atoms with Crippen molar-refractivity contribution in [3.8, 4) is 5.88 Å². The van der Waals surface area contributed by atoms with Gasteiger partial charge in [0.15, 0.2) is 0 Å². The van der Waals surface area contributed by atoms with E-state index in [9.17, 15) is 0 Å². The molecule has 5 heteroatoms. The van der Waals surface area contributed by atoms with Gasteiger partial charge < -0.3 is 15.4 Å². The molecule has 5 nitrogen and oxygen atoms in total. The van der Waals surface area contributed by atoms with E-state index in [4.69, 9.17) is 10.5 Å². The van der Waals surface area contributed by atoms with Gasteiger partial charge in [-0.3, -0.25) is 0 Å². The Morgan fingerprint density at radius 1 is 1.35 bits per heavy atom. The van der Waals surface area contributed by atoms with Gasteiger partial charge >= 0.3 is 0 Å². The van der Waals surface area contributed by atoms with Crippen LogP contribution in [0, 0.1) is 0 Å². The van der Waals surface area contributed by atoms with Crippen molar-refractivity contribution in [1.82, 2.24) is 9.97 Å². The number of hydrogen-bond donors (Lipinski definition) is 1. The fourth-order valence-corrected chi connectivity index (χ4v) is 1.36. The minimum atomic E-state index is 0.118. The summed E-state index contributed by atoms with van der Waals surface area (Å²) < 4.78 is 5.53. The van der Waals surface area contributed by atoms with Gasteiger partial charge in [0.2, 0.25) is 5.88 Å². The molecule has 96 valence electrons. The van der Waals surface area contributed by atoms with Crippen LogP contribution in [0.3, 0.4) is 0 Å². The maximum atomic E-state index is 5.73. The predicted octanol–water partition coefficient (Wildman–Crippen LogP) is 1.44. The maximum Gasteiger partial charge on any atom is 0.218 e. The average molecular weight is 238 g/mol. The van der Waals surface area contributed by atoms with Crippen LogP contribution in [-0.4, -0.2) is 35.7 Å².